The molecule has 6 nitrogen and oxygen atoms in total. The average molecular weight is 523 g/mol. The Labute approximate surface area is 220 Å². The molecule has 36 heavy (non-hydrogen) atoms. The number of anilines is 1. The van der Waals surface area contributed by atoms with Crippen LogP contribution in [0.1, 0.15) is 25.8 Å². The first-order valence-corrected chi connectivity index (χ1v) is 12.1. The van der Waals surface area contributed by atoms with Crippen LogP contribution in [0.5, 0.6) is 5.75 Å². The van der Waals surface area contributed by atoms with Crippen LogP contribution < -0.4 is 9.64 Å². The minimum Gasteiger partial charge on any atom is -0.490 e. The fraction of sp³-hybridized carbons (Fsp3) is 0.259. The predicted molar refractivity (Wildman–Crippen MR) is 143 cm³/mol. The summed E-state index contributed by atoms with van der Waals surface area (Å²) in [7, 11) is 0. The lowest BCUT2D eigenvalue weighted by atomic mass is 10.0. The van der Waals surface area contributed by atoms with Gasteiger partial charge in [0, 0.05) is 24.5 Å². The molecule has 184 valence electrons. The van der Waals surface area contributed by atoms with Crippen molar-refractivity contribution in [1.29, 1.82) is 0 Å². The van der Waals surface area contributed by atoms with Crippen LogP contribution >= 0.6 is 23.8 Å². The van der Waals surface area contributed by atoms with E-state index in [1.54, 1.807) is 49.6 Å². The number of hydrogen-bond donors (Lipinski definition) is 0. The van der Waals surface area contributed by atoms with Gasteiger partial charge in [-0.25, -0.2) is 9.24 Å². The first-order valence-electron chi connectivity index (χ1n) is 11.3. The molecule has 0 aliphatic carbocycles. The van der Waals surface area contributed by atoms with Gasteiger partial charge in [-0.1, -0.05) is 29.8 Å². The predicted octanol–water partition coefficient (Wildman–Crippen LogP) is 6.58. The number of pyridine rings is 1. The molecule has 1 aromatic heterocycles. The summed E-state index contributed by atoms with van der Waals surface area (Å²) in [6, 6.07) is 11.8. The lowest BCUT2D eigenvalue weighted by Gasteiger charge is -2.29. The first kappa shape index (κ1) is 25.5. The van der Waals surface area contributed by atoms with Gasteiger partial charge in [0.15, 0.2) is 16.7 Å². The van der Waals surface area contributed by atoms with Crippen molar-refractivity contribution >= 4 is 46.2 Å². The van der Waals surface area contributed by atoms with Crippen molar-refractivity contribution < 1.29 is 13.9 Å². The van der Waals surface area contributed by atoms with Crippen LogP contribution in [0.25, 0.3) is 16.0 Å². The van der Waals surface area contributed by atoms with E-state index >= 15 is 0 Å². The summed E-state index contributed by atoms with van der Waals surface area (Å²) in [5.74, 6) is -0.473. The third-order valence-corrected chi connectivity index (χ3v) is 7.11. The highest BCUT2D eigenvalue weighted by molar-refractivity contribution is 7.80. The molecule has 0 bridgehead atoms. The topological polar surface area (TPSA) is 50.0 Å². The van der Waals surface area contributed by atoms with Gasteiger partial charge in [-0.15, -0.1) is 0 Å². The molecule has 1 aliphatic heterocycles. The summed E-state index contributed by atoms with van der Waals surface area (Å²) in [6.45, 7) is 13.3. The van der Waals surface area contributed by atoms with E-state index in [1.807, 2.05) is 24.8 Å². The number of aromatic nitrogens is 1. The van der Waals surface area contributed by atoms with E-state index in [-0.39, 0.29) is 18.3 Å². The first-order chi connectivity index (χ1) is 17.2. The number of carbonyl (C=O) groups is 1. The molecule has 1 amide bonds. The van der Waals surface area contributed by atoms with Gasteiger partial charge in [-0.05, 0) is 74.8 Å². The van der Waals surface area contributed by atoms with Gasteiger partial charge in [-0.3, -0.25) is 14.7 Å². The minimum absolute atomic E-state index is 0.161. The average Bonchev–Trinajstić information content (AvgIpc) is 3.03. The molecular weight excluding hydrogens is 499 g/mol. The smallest absolute Gasteiger partial charge is 0.258 e. The normalized spacial score (nSPS) is 14.8. The van der Waals surface area contributed by atoms with Crippen molar-refractivity contribution in [3.05, 3.63) is 82.7 Å². The second-order valence-electron chi connectivity index (χ2n) is 8.88. The number of rotatable bonds is 7. The van der Waals surface area contributed by atoms with E-state index in [0.29, 0.717) is 40.0 Å². The van der Waals surface area contributed by atoms with Crippen molar-refractivity contribution in [2.75, 3.05) is 18.1 Å². The minimum atomic E-state index is -0.884. The Hall–Kier alpha value is -3.54. The number of halogens is 2. The van der Waals surface area contributed by atoms with Gasteiger partial charge in [0.25, 0.3) is 5.91 Å². The van der Waals surface area contributed by atoms with Crippen molar-refractivity contribution in [2.45, 2.75) is 32.7 Å². The molecule has 3 aromatic rings. The van der Waals surface area contributed by atoms with Crippen LogP contribution in [0.2, 0.25) is 5.02 Å². The van der Waals surface area contributed by atoms with E-state index in [9.17, 15) is 9.18 Å². The standard InChI is InChI=1S/C27H24ClFN4O2S/c1-17-22(10-9-21(30-4)24(17)28)33-25(34)27(2,3)32(26(33)36)13-6-14-35-23-11-8-18(15-20(23)29)19-7-5-12-31-16-19/h5,7-12,15-16H,6,13-14H2,1-3H3. The molecule has 0 unspecified atom stereocenters. The van der Waals surface area contributed by atoms with Crippen molar-refractivity contribution in [3.8, 4) is 16.9 Å². The maximum absolute atomic E-state index is 14.6. The van der Waals surface area contributed by atoms with E-state index < -0.39 is 11.4 Å². The van der Waals surface area contributed by atoms with Crippen LogP contribution in [-0.2, 0) is 4.79 Å². The Morgan fingerprint density at radius 1 is 1.22 bits per heavy atom. The molecule has 0 radical (unpaired) electrons. The summed E-state index contributed by atoms with van der Waals surface area (Å²) in [4.78, 5) is 24.1. The van der Waals surface area contributed by atoms with E-state index in [2.05, 4.69) is 9.83 Å². The summed E-state index contributed by atoms with van der Waals surface area (Å²) in [6.07, 6.45) is 3.86. The SMILES string of the molecule is [C-]#[N+]c1ccc(N2C(=O)C(C)(C)N(CCCOc3ccc(-c4cccnc4)cc3F)C2=S)c(C)c1Cl. The summed E-state index contributed by atoms with van der Waals surface area (Å²) < 4.78 is 20.3. The third-order valence-electron chi connectivity index (χ3n) is 6.23. The zero-order valence-electron chi connectivity index (χ0n) is 20.1. The lowest BCUT2D eigenvalue weighted by molar-refractivity contribution is -0.123. The van der Waals surface area contributed by atoms with E-state index in [0.717, 1.165) is 11.1 Å². The fourth-order valence-corrected chi connectivity index (χ4v) is 4.85. The van der Waals surface area contributed by atoms with Crippen LogP contribution in [0.15, 0.2) is 54.9 Å². The summed E-state index contributed by atoms with van der Waals surface area (Å²) >= 11 is 12.0. The number of hydrogen-bond acceptors (Lipinski definition) is 4. The molecular formula is C27H24ClFN4O2S. The molecule has 1 aliphatic rings. The monoisotopic (exact) mass is 522 g/mol. The molecule has 0 N–H and O–H groups in total. The molecule has 9 heteroatoms. The fourth-order valence-electron chi connectivity index (χ4n) is 4.15. The lowest BCUT2D eigenvalue weighted by Crippen LogP contribution is -2.44. The zero-order valence-corrected chi connectivity index (χ0v) is 21.7. The Morgan fingerprint density at radius 2 is 2.00 bits per heavy atom. The van der Waals surface area contributed by atoms with Crippen LogP contribution in [0.4, 0.5) is 15.8 Å². The highest BCUT2D eigenvalue weighted by Crippen LogP contribution is 2.39. The number of carbonyl (C=O) groups excluding carboxylic acids is 1. The van der Waals surface area contributed by atoms with E-state index in [4.69, 9.17) is 35.1 Å². The number of nitrogens with zero attached hydrogens (tertiary/aromatic N) is 4. The van der Waals surface area contributed by atoms with Crippen LogP contribution in [-0.4, -0.2) is 39.6 Å². The largest absolute Gasteiger partial charge is 0.490 e. The van der Waals surface area contributed by atoms with Crippen molar-refractivity contribution in [3.63, 3.8) is 0 Å². The maximum Gasteiger partial charge on any atom is 0.258 e. The van der Waals surface area contributed by atoms with Gasteiger partial charge in [0.05, 0.1) is 23.9 Å². The zero-order chi connectivity index (χ0) is 26.0. The second kappa shape index (κ2) is 10.2. The molecule has 0 spiro atoms. The van der Waals surface area contributed by atoms with Gasteiger partial charge in [0.1, 0.15) is 5.54 Å². The Kier molecular flexibility index (Phi) is 7.25. The summed E-state index contributed by atoms with van der Waals surface area (Å²) in [5, 5.41) is 0.658. The van der Waals surface area contributed by atoms with Gasteiger partial charge in [0.2, 0.25) is 5.69 Å². The Bertz CT molecular complexity index is 1370. The van der Waals surface area contributed by atoms with Crippen molar-refractivity contribution in [1.82, 2.24) is 9.88 Å². The summed E-state index contributed by atoms with van der Waals surface area (Å²) in [5.41, 5.74) is 2.16. The highest BCUT2D eigenvalue weighted by atomic mass is 35.5. The van der Waals surface area contributed by atoms with Crippen LogP contribution in [0.3, 0.4) is 0 Å². The Morgan fingerprint density at radius 3 is 2.67 bits per heavy atom. The molecule has 4 rings (SSSR count). The van der Waals surface area contributed by atoms with E-state index in [1.165, 1.54) is 11.0 Å². The van der Waals surface area contributed by atoms with Gasteiger partial charge >= 0.3 is 0 Å². The number of thiocarbonyl (C=S) groups is 1. The van der Waals surface area contributed by atoms with Crippen LogP contribution in [0, 0.1) is 19.3 Å². The second-order valence-corrected chi connectivity index (χ2v) is 9.62. The van der Waals surface area contributed by atoms with Gasteiger partial charge in [-0.2, -0.15) is 0 Å². The number of ether oxygens (including phenoxy) is 1. The molecule has 0 atom stereocenters. The Balaban J connectivity index is 1.42. The van der Waals surface area contributed by atoms with Gasteiger partial charge < -0.3 is 9.64 Å². The molecule has 2 aromatic carbocycles. The highest BCUT2D eigenvalue weighted by Gasteiger charge is 2.49. The number of amides is 1. The van der Waals surface area contributed by atoms with Crippen molar-refractivity contribution in [2.24, 2.45) is 0 Å². The quantitative estimate of drug-likeness (QED) is 0.199. The molecule has 1 fully saturated rings. The maximum atomic E-state index is 14.6. The molecule has 1 saturated heterocycles. The molecule has 2 heterocycles. The molecule has 0 saturated carbocycles. The third kappa shape index (κ3) is 4.64. The number of benzene rings is 2.